The van der Waals surface area contributed by atoms with E-state index in [-0.39, 0.29) is 29.8 Å². The Morgan fingerprint density at radius 2 is 2.11 bits per heavy atom. The fourth-order valence-electron chi connectivity index (χ4n) is 1.56. The van der Waals surface area contributed by atoms with Crippen LogP contribution < -0.4 is 10.5 Å². The highest BCUT2D eigenvalue weighted by atomic mass is 16.5. The minimum Gasteiger partial charge on any atom is -0.504 e. The lowest BCUT2D eigenvalue weighted by Crippen LogP contribution is -2.20. The normalized spacial score (nSPS) is 11.9. The number of aromatic hydroxyl groups is 1. The van der Waals surface area contributed by atoms with Crippen LogP contribution in [0.5, 0.6) is 11.5 Å². The Balaban J connectivity index is 2.67. The lowest BCUT2D eigenvalue weighted by molar-refractivity contribution is -0.121. The summed E-state index contributed by atoms with van der Waals surface area (Å²) in [6, 6.07) is 4.93. The summed E-state index contributed by atoms with van der Waals surface area (Å²) in [6.45, 7) is 3.18. The first-order valence-electron chi connectivity index (χ1n) is 6.13. The van der Waals surface area contributed by atoms with E-state index in [4.69, 9.17) is 10.5 Å². The Morgan fingerprint density at radius 1 is 1.42 bits per heavy atom. The van der Waals surface area contributed by atoms with Crippen molar-refractivity contribution in [1.82, 2.24) is 0 Å². The van der Waals surface area contributed by atoms with Gasteiger partial charge in [-0.1, -0.05) is 13.0 Å². The van der Waals surface area contributed by atoms with E-state index in [2.05, 4.69) is 0 Å². The Labute approximate surface area is 112 Å². The van der Waals surface area contributed by atoms with E-state index in [1.165, 1.54) is 6.07 Å². The van der Waals surface area contributed by atoms with Crippen molar-refractivity contribution in [3.63, 3.8) is 0 Å². The number of hydrogen-bond donors (Lipinski definition) is 2. The summed E-state index contributed by atoms with van der Waals surface area (Å²) in [4.78, 5) is 21.8. The summed E-state index contributed by atoms with van der Waals surface area (Å²) >= 11 is 0. The van der Waals surface area contributed by atoms with Crippen LogP contribution in [-0.2, 0) is 16.0 Å². The number of aryl methyl sites for hydroxylation is 1. The van der Waals surface area contributed by atoms with Crippen molar-refractivity contribution in [2.75, 3.05) is 6.61 Å². The maximum atomic E-state index is 11.1. The fraction of sp³-hybridized carbons (Fsp3) is 0.429. The molecule has 0 spiro atoms. The number of ether oxygens (including phenoxy) is 1. The third kappa shape index (κ3) is 4.99. The largest absolute Gasteiger partial charge is 0.504 e. The molecule has 1 amide bonds. The molecule has 104 valence electrons. The average molecular weight is 265 g/mol. The number of primary amides is 1. The Kier molecular flexibility index (Phi) is 5.36. The van der Waals surface area contributed by atoms with E-state index < -0.39 is 5.91 Å². The number of hydrogen-bond acceptors (Lipinski definition) is 4. The zero-order chi connectivity index (χ0) is 14.4. The van der Waals surface area contributed by atoms with Gasteiger partial charge in [0.25, 0.3) is 5.91 Å². The molecule has 0 aromatic heterocycles. The molecule has 1 atom stereocenters. The van der Waals surface area contributed by atoms with Crippen molar-refractivity contribution >= 4 is 11.7 Å². The molecule has 0 aliphatic carbocycles. The number of phenolic OH excluding ortho intramolecular Hbond substituents is 1. The number of amides is 1. The highest BCUT2D eigenvalue weighted by Crippen LogP contribution is 2.27. The number of carbonyl (C=O) groups excluding carboxylic acids is 2. The van der Waals surface area contributed by atoms with Crippen LogP contribution in [0.3, 0.4) is 0 Å². The Bertz CT molecular complexity index is 471. The monoisotopic (exact) mass is 265 g/mol. The summed E-state index contributed by atoms with van der Waals surface area (Å²) in [5.41, 5.74) is 5.91. The Morgan fingerprint density at radius 3 is 2.68 bits per heavy atom. The zero-order valence-electron chi connectivity index (χ0n) is 11.2. The molecule has 0 unspecified atom stereocenters. The molecule has 0 bridgehead atoms. The molecule has 0 saturated heterocycles. The van der Waals surface area contributed by atoms with Gasteiger partial charge < -0.3 is 15.6 Å². The summed E-state index contributed by atoms with van der Waals surface area (Å²) < 4.78 is 5.10. The Hall–Kier alpha value is -2.04. The van der Waals surface area contributed by atoms with Gasteiger partial charge in [0.2, 0.25) is 0 Å². The van der Waals surface area contributed by atoms with Crippen molar-refractivity contribution < 1.29 is 19.4 Å². The summed E-state index contributed by atoms with van der Waals surface area (Å²) in [5.74, 6) is -0.251. The number of ketones is 1. The predicted molar refractivity (Wildman–Crippen MR) is 71.0 cm³/mol. The zero-order valence-corrected chi connectivity index (χ0v) is 11.2. The minimum absolute atomic E-state index is 0.00351. The minimum atomic E-state index is -0.602. The van der Waals surface area contributed by atoms with Gasteiger partial charge in [-0.3, -0.25) is 9.59 Å². The van der Waals surface area contributed by atoms with Crippen molar-refractivity contribution in [2.24, 2.45) is 11.7 Å². The van der Waals surface area contributed by atoms with Crippen LogP contribution in [0.15, 0.2) is 18.2 Å². The number of Topliss-reactive ketones (excluding diaryl/α,β-unsaturated/α-hetero) is 1. The standard InChI is InChI=1S/C14H19NO4/c1-9(10(2)16)3-4-11-5-6-12(17)13(7-11)19-8-14(15)18/h5-7,9,17H,3-4,8H2,1-2H3,(H2,15,18)/t9-/m0/s1. The molecule has 5 heteroatoms. The van der Waals surface area contributed by atoms with Crippen molar-refractivity contribution in [2.45, 2.75) is 26.7 Å². The molecular formula is C14H19NO4. The van der Waals surface area contributed by atoms with Gasteiger partial charge in [0, 0.05) is 5.92 Å². The van der Waals surface area contributed by atoms with Crippen LogP contribution in [-0.4, -0.2) is 23.4 Å². The molecule has 0 fully saturated rings. The molecule has 0 aliphatic heterocycles. The molecule has 1 rings (SSSR count). The molecule has 5 nitrogen and oxygen atoms in total. The first-order chi connectivity index (χ1) is 8.90. The van der Waals surface area contributed by atoms with E-state index >= 15 is 0 Å². The fourth-order valence-corrected chi connectivity index (χ4v) is 1.56. The molecule has 3 N–H and O–H groups in total. The first-order valence-corrected chi connectivity index (χ1v) is 6.13. The van der Waals surface area contributed by atoms with Gasteiger partial charge >= 0.3 is 0 Å². The number of nitrogens with two attached hydrogens (primary N) is 1. The van der Waals surface area contributed by atoms with E-state index in [9.17, 15) is 14.7 Å². The highest BCUT2D eigenvalue weighted by Gasteiger charge is 2.10. The van der Waals surface area contributed by atoms with Crippen LogP contribution in [0.4, 0.5) is 0 Å². The van der Waals surface area contributed by atoms with Crippen LogP contribution >= 0.6 is 0 Å². The van der Waals surface area contributed by atoms with E-state index in [0.29, 0.717) is 6.42 Å². The molecule has 1 aromatic rings. The third-order valence-electron chi connectivity index (χ3n) is 2.95. The van der Waals surface area contributed by atoms with Gasteiger partial charge in [0.05, 0.1) is 0 Å². The molecule has 19 heavy (non-hydrogen) atoms. The first kappa shape index (κ1) is 15.0. The number of benzene rings is 1. The number of phenols is 1. The molecule has 0 radical (unpaired) electrons. The van der Waals surface area contributed by atoms with Crippen LogP contribution in [0, 0.1) is 5.92 Å². The number of rotatable bonds is 7. The molecule has 0 saturated carbocycles. The van der Waals surface area contributed by atoms with Gasteiger partial charge in [-0.15, -0.1) is 0 Å². The van der Waals surface area contributed by atoms with Gasteiger partial charge in [-0.2, -0.15) is 0 Å². The van der Waals surface area contributed by atoms with Crippen LogP contribution in [0.25, 0.3) is 0 Å². The lowest BCUT2D eigenvalue weighted by atomic mass is 9.98. The van der Waals surface area contributed by atoms with Gasteiger partial charge in [0.15, 0.2) is 18.1 Å². The summed E-state index contributed by atoms with van der Waals surface area (Å²) in [5, 5.41) is 9.58. The molecule has 0 aliphatic rings. The predicted octanol–water partition coefficient (Wildman–Crippen LogP) is 1.41. The summed E-state index contributed by atoms with van der Waals surface area (Å²) in [7, 11) is 0. The molecular weight excluding hydrogens is 246 g/mol. The van der Waals surface area contributed by atoms with Crippen molar-refractivity contribution in [3.8, 4) is 11.5 Å². The van der Waals surface area contributed by atoms with Gasteiger partial charge in [0.1, 0.15) is 5.78 Å². The second-order valence-electron chi connectivity index (χ2n) is 4.61. The smallest absolute Gasteiger partial charge is 0.255 e. The third-order valence-corrected chi connectivity index (χ3v) is 2.95. The molecule has 1 aromatic carbocycles. The maximum Gasteiger partial charge on any atom is 0.255 e. The van der Waals surface area contributed by atoms with Crippen molar-refractivity contribution in [3.05, 3.63) is 23.8 Å². The molecule has 0 heterocycles. The highest BCUT2D eigenvalue weighted by molar-refractivity contribution is 5.77. The average Bonchev–Trinajstić information content (AvgIpc) is 2.35. The summed E-state index contributed by atoms with van der Waals surface area (Å²) in [6.07, 6.45) is 1.43. The van der Waals surface area contributed by atoms with E-state index in [1.54, 1.807) is 19.1 Å². The van der Waals surface area contributed by atoms with Gasteiger partial charge in [-0.05, 0) is 37.5 Å². The van der Waals surface area contributed by atoms with Crippen LogP contribution in [0.2, 0.25) is 0 Å². The lowest BCUT2D eigenvalue weighted by Gasteiger charge is -2.10. The van der Waals surface area contributed by atoms with E-state index in [1.807, 2.05) is 6.92 Å². The number of carbonyl (C=O) groups is 2. The quantitative estimate of drug-likeness (QED) is 0.780. The second-order valence-corrected chi connectivity index (χ2v) is 4.61. The second kappa shape index (κ2) is 6.78. The van der Waals surface area contributed by atoms with Crippen LogP contribution in [0.1, 0.15) is 25.8 Å². The topological polar surface area (TPSA) is 89.6 Å². The SMILES string of the molecule is CC(=O)[C@@H](C)CCc1ccc(O)c(OCC(N)=O)c1. The van der Waals surface area contributed by atoms with Gasteiger partial charge in [-0.25, -0.2) is 0 Å². The van der Waals surface area contributed by atoms with Crippen molar-refractivity contribution in [1.29, 1.82) is 0 Å². The van der Waals surface area contributed by atoms with E-state index in [0.717, 1.165) is 12.0 Å². The maximum absolute atomic E-state index is 11.1.